The van der Waals surface area contributed by atoms with Crippen LogP contribution in [-0.2, 0) is 11.3 Å². The number of ether oxygens (including phenoxy) is 1. The van der Waals surface area contributed by atoms with Crippen molar-refractivity contribution in [2.75, 3.05) is 46.4 Å². The van der Waals surface area contributed by atoms with Gasteiger partial charge in [-0.05, 0) is 73.7 Å². The van der Waals surface area contributed by atoms with Gasteiger partial charge < -0.3 is 19.4 Å². The molecule has 0 radical (unpaired) electrons. The largest absolute Gasteiger partial charge is 0.497 e. The van der Waals surface area contributed by atoms with Crippen LogP contribution in [0.25, 0.3) is 0 Å². The molecule has 1 spiro atoms. The minimum atomic E-state index is -0.224. The summed E-state index contributed by atoms with van der Waals surface area (Å²) in [6.07, 6.45) is 4.44. The summed E-state index contributed by atoms with van der Waals surface area (Å²) in [5.41, 5.74) is 2.71. The maximum atomic E-state index is 13.6. The van der Waals surface area contributed by atoms with Gasteiger partial charge in [-0.1, -0.05) is 48.5 Å². The lowest BCUT2D eigenvalue weighted by Crippen LogP contribution is -2.46. The number of benzene rings is 2. The first-order valence-corrected chi connectivity index (χ1v) is 14.4. The molecule has 2 aromatic carbocycles. The zero-order valence-electron chi connectivity index (χ0n) is 24.1. The summed E-state index contributed by atoms with van der Waals surface area (Å²) in [7, 11) is 1.67. The quantitative estimate of drug-likeness (QED) is 0.363. The number of likely N-dealkylation sites (tertiary alicyclic amines) is 3. The van der Waals surface area contributed by atoms with E-state index in [1.807, 2.05) is 52.3 Å². The van der Waals surface area contributed by atoms with Crippen molar-refractivity contribution >= 4 is 36.6 Å². The summed E-state index contributed by atoms with van der Waals surface area (Å²) in [6, 6.07) is 24.1. The van der Waals surface area contributed by atoms with Crippen molar-refractivity contribution in [2.24, 2.45) is 11.3 Å². The van der Waals surface area contributed by atoms with Crippen molar-refractivity contribution in [2.45, 2.75) is 31.7 Å². The molecule has 2 amide bonds. The van der Waals surface area contributed by atoms with Crippen LogP contribution in [0.4, 0.5) is 0 Å². The van der Waals surface area contributed by atoms with Crippen molar-refractivity contribution in [3.63, 3.8) is 0 Å². The Hall–Kier alpha value is -3.13. The Bertz CT molecular complexity index is 1320. The highest BCUT2D eigenvalue weighted by molar-refractivity contribution is 5.92. The Morgan fingerprint density at radius 1 is 0.905 bits per heavy atom. The summed E-state index contributed by atoms with van der Waals surface area (Å²) in [4.78, 5) is 37.7. The molecule has 2 unspecified atom stereocenters. The second kappa shape index (κ2) is 13.9. The molecule has 0 N–H and O–H groups in total. The van der Waals surface area contributed by atoms with E-state index in [0.29, 0.717) is 30.6 Å². The first-order chi connectivity index (χ1) is 19.5. The normalized spacial score (nSPS) is 21.6. The number of methoxy groups -OCH3 is 1. The first-order valence-electron chi connectivity index (χ1n) is 14.4. The van der Waals surface area contributed by atoms with E-state index < -0.39 is 0 Å². The van der Waals surface area contributed by atoms with Gasteiger partial charge in [0.05, 0.1) is 12.5 Å². The number of piperidine rings is 1. The second-order valence-electron chi connectivity index (χ2n) is 11.6. The summed E-state index contributed by atoms with van der Waals surface area (Å²) in [5.74, 6) is 1.79. The van der Waals surface area contributed by atoms with E-state index in [4.69, 9.17) is 4.74 Å². The number of carbonyl (C=O) groups is 2. The Morgan fingerprint density at radius 3 is 2.26 bits per heavy atom. The molecule has 7 nitrogen and oxygen atoms in total. The molecule has 42 heavy (non-hydrogen) atoms. The van der Waals surface area contributed by atoms with Gasteiger partial charge in [-0.25, -0.2) is 0 Å². The second-order valence-corrected chi connectivity index (χ2v) is 11.6. The standard InChI is InChI=1S/C33H38N4O3.2ClH/c1-40-28-12-10-25(11-13-28)21-36-20-16-33(32(36)39)14-18-35(19-15-33)22-27-23-37(31(38)30-9-5-6-17-34-30)24-29(27)26-7-3-2-4-8-26;;/h2-13,17,27,29H,14-16,18-24H2,1H3;2*1H. The molecule has 6 rings (SSSR count). The van der Waals surface area contributed by atoms with Gasteiger partial charge in [0.15, 0.2) is 0 Å². The van der Waals surface area contributed by atoms with E-state index in [2.05, 4.69) is 34.1 Å². The van der Waals surface area contributed by atoms with Gasteiger partial charge in [0.1, 0.15) is 11.4 Å². The molecule has 3 fully saturated rings. The molecule has 3 aliphatic heterocycles. The maximum Gasteiger partial charge on any atom is 0.272 e. The van der Waals surface area contributed by atoms with Crippen molar-refractivity contribution in [3.05, 3.63) is 95.8 Å². The third-order valence-electron chi connectivity index (χ3n) is 9.28. The molecule has 3 aromatic rings. The number of amides is 2. The van der Waals surface area contributed by atoms with Gasteiger partial charge >= 0.3 is 0 Å². The van der Waals surface area contributed by atoms with Crippen LogP contribution >= 0.6 is 24.8 Å². The van der Waals surface area contributed by atoms with Crippen molar-refractivity contribution < 1.29 is 14.3 Å². The van der Waals surface area contributed by atoms with Crippen LogP contribution in [0, 0.1) is 11.3 Å². The SMILES string of the molecule is COc1ccc(CN2CCC3(CCN(CC4CN(C(=O)c5ccccn5)CC4c4ccccc4)CC3)C2=O)cc1.Cl.Cl. The lowest BCUT2D eigenvalue weighted by atomic mass is 9.76. The van der Waals surface area contributed by atoms with Gasteiger partial charge in [-0.15, -0.1) is 24.8 Å². The first kappa shape index (κ1) is 31.8. The number of pyridine rings is 1. The van der Waals surface area contributed by atoms with Crippen LogP contribution in [0.2, 0.25) is 0 Å². The van der Waals surface area contributed by atoms with Crippen LogP contribution in [0.5, 0.6) is 5.75 Å². The average Bonchev–Trinajstić information content (AvgIpc) is 3.56. The monoisotopic (exact) mass is 610 g/mol. The summed E-state index contributed by atoms with van der Waals surface area (Å²) < 4.78 is 5.27. The van der Waals surface area contributed by atoms with Gasteiger partial charge in [-0.2, -0.15) is 0 Å². The molecule has 0 saturated carbocycles. The van der Waals surface area contributed by atoms with Gasteiger partial charge in [0, 0.05) is 44.8 Å². The number of halogens is 2. The minimum absolute atomic E-state index is 0. The Morgan fingerprint density at radius 2 is 1.60 bits per heavy atom. The molecular weight excluding hydrogens is 571 g/mol. The molecule has 4 heterocycles. The van der Waals surface area contributed by atoms with Gasteiger partial charge in [0.2, 0.25) is 5.91 Å². The fourth-order valence-electron chi connectivity index (χ4n) is 6.91. The summed E-state index contributed by atoms with van der Waals surface area (Å²) in [6.45, 7) is 5.71. The average molecular weight is 612 g/mol. The molecule has 224 valence electrons. The third kappa shape index (κ3) is 6.59. The Kier molecular flexibility index (Phi) is 10.5. The summed E-state index contributed by atoms with van der Waals surface area (Å²) >= 11 is 0. The van der Waals surface area contributed by atoms with Crippen molar-refractivity contribution in [3.8, 4) is 5.75 Å². The molecule has 3 saturated heterocycles. The predicted octanol–water partition coefficient (Wildman–Crippen LogP) is 5.30. The number of hydrogen-bond donors (Lipinski definition) is 0. The van der Waals surface area contributed by atoms with E-state index in [-0.39, 0.29) is 42.1 Å². The smallest absolute Gasteiger partial charge is 0.272 e. The topological polar surface area (TPSA) is 66.0 Å². The lowest BCUT2D eigenvalue weighted by molar-refractivity contribution is -0.139. The lowest BCUT2D eigenvalue weighted by Gasteiger charge is -2.39. The third-order valence-corrected chi connectivity index (χ3v) is 9.28. The number of hydrogen-bond acceptors (Lipinski definition) is 5. The van der Waals surface area contributed by atoms with Crippen LogP contribution in [0.1, 0.15) is 46.8 Å². The number of rotatable bonds is 7. The highest BCUT2D eigenvalue weighted by Gasteiger charge is 2.48. The van der Waals surface area contributed by atoms with Gasteiger partial charge in [-0.3, -0.25) is 14.6 Å². The van der Waals surface area contributed by atoms with Crippen molar-refractivity contribution in [1.82, 2.24) is 19.7 Å². The fourth-order valence-corrected chi connectivity index (χ4v) is 6.91. The number of aromatic nitrogens is 1. The zero-order valence-corrected chi connectivity index (χ0v) is 25.7. The van der Waals surface area contributed by atoms with E-state index in [1.54, 1.807) is 19.4 Å². The molecule has 1 aromatic heterocycles. The van der Waals surface area contributed by atoms with E-state index >= 15 is 0 Å². The summed E-state index contributed by atoms with van der Waals surface area (Å²) in [5, 5.41) is 0. The molecular formula is C33H40Cl2N4O3. The fraction of sp³-hybridized carbons (Fsp3) is 0.424. The molecule has 3 aliphatic rings. The van der Waals surface area contributed by atoms with E-state index in [0.717, 1.165) is 63.3 Å². The number of nitrogens with zero attached hydrogens (tertiary/aromatic N) is 4. The highest BCUT2D eigenvalue weighted by Crippen LogP contribution is 2.43. The molecule has 9 heteroatoms. The van der Waals surface area contributed by atoms with E-state index in [9.17, 15) is 9.59 Å². The molecule has 2 atom stereocenters. The zero-order chi connectivity index (χ0) is 27.5. The van der Waals surface area contributed by atoms with Crippen molar-refractivity contribution in [1.29, 1.82) is 0 Å². The minimum Gasteiger partial charge on any atom is -0.497 e. The predicted molar refractivity (Wildman–Crippen MR) is 168 cm³/mol. The van der Waals surface area contributed by atoms with E-state index in [1.165, 1.54) is 5.56 Å². The molecule has 0 bridgehead atoms. The molecule has 0 aliphatic carbocycles. The Labute approximate surface area is 261 Å². The van der Waals surface area contributed by atoms with Crippen LogP contribution in [0.15, 0.2) is 79.0 Å². The van der Waals surface area contributed by atoms with Gasteiger partial charge in [0.25, 0.3) is 5.91 Å². The Balaban J connectivity index is 0.00000202. The van der Waals surface area contributed by atoms with Crippen LogP contribution < -0.4 is 4.74 Å². The number of carbonyl (C=O) groups excluding carboxylic acids is 2. The maximum absolute atomic E-state index is 13.6. The van der Waals surface area contributed by atoms with Crippen LogP contribution in [-0.4, -0.2) is 77.9 Å². The van der Waals surface area contributed by atoms with Crippen LogP contribution in [0.3, 0.4) is 0 Å². The highest BCUT2D eigenvalue weighted by atomic mass is 35.5.